The Kier molecular flexibility index (Phi) is 4.21. The predicted octanol–water partition coefficient (Wildman–Crippen LogP) is 1.52. The minimum Gasteiger partial charge on any atom is -0.371 e. The van der Waals surface area contributed by atoms with Crippen LogP contribution in [0.15, 0.2) is 30.3 Å². The van der Waals surface area contributed by atoms with Crippen LogP contribution in [0.3, 0.4) is 0 Å². The van der Waals surface area contributed by atoms with Crippen LogP contribution >= 0.6 is 0 Å². The maximum Gasteiger partial charge on any atom is 0.234 e. The molecule has 20 heavy (non-hydrogen) atoms. The Morgan fingerprint density at radius 3 is 2.40 bits per heavy atom. The van der Waals surface area contributed by atoms with E-state index >= 15 is 0 Å². The summed E-state index contributed by atoms with van der Waals surface area (Å²) in [6.07, 6.45) is 4.51. The molecule has 0 atom stereocenters. The fourth-order valence-corrected chi connectivity index (χ4v) is 2.72. The summed E-state index contributed by atoms with van der Waals surface area (Å²) >= 11 is 0. The van der Waals surface area contributed by atoms with E-state index in [1.165, 1.54) is 5.69 Å². The largest absolute Gasteiger partial charge is 0.371 e. The van der Waals surface area contributed by atoms with Crippen LogP contribution in [-0.4, -0.2) is 37.6 Å². The second-order valence-electron chi connectivity index (χ2n) is 5.82. The molecule has 1 amide bonds. The van der Waals surface area contributed by atoms with Gasteiger partial charge in [0.1, 0.15) is 0 Å². The lowest BCUT2D eigenvalue weighted by molar-refractivity contribution is -0.120. The van der Waals surface area contributed by atoms with Crippen molar-refractivity contribution in [3.63, 3.8) is 0 Å². The third kappa shape index (κ3) is 3.73. The van der Waals surface area contributed by atoms with Crippen LogP contribution in [0.25, 0.3) is 0 Å². The highest BCUT2D eigenvalue weighted by molar-refractivity contribution is 5.78. The molecule has 4 heteroatoms. The Bertz CT molecular complexity index is 436. The molecule has 4 nitrogen and oxygen atoms in total. The highest BCUT2D eigenvalue weighted by atomic mass is 16.2. The van der Waals surface area contributed by atoms with Crippen molar-refractivity contribution in [1.29, 1.82) is 0 Å². The Morgan fingerprint density at radius 1 is 1.05 bits per heavy atom. The monoisotopic (exact) mass is 273 g/mol. The lowest BCUT2D eigenvalue weighted by atomic mass is 10.0. The molecule has 1 aliphatic heterocycles. The summed E-state index contributed by atoms with van der Waals surface area (Å²) in [4.78, 5) is 14.1. The molecule has 2 N–H and O–H groups in total. The summed E-state index contributed by atoms with van der Waals surface area (Å²) in [6.45, 7) is 2.59. The van der Waals surface area contributed by atoms with Crippen LogP contribution in [0.5, 0.6) is 0 Å². The van der Waals surface area contributed by atoms with Gasteiger partial charge in [-0.15, -0.1) is 0 Å². The zero-order valence-electron chi connectivity index (χ0n) is 11.8. The summed E-state index contributed by atoms with van der Waals surface area (Å²) in [5, 5.41) is 6.40. The van der Waals surface area contributed by atoms with Gasteiger partial charge in [-0.2, -0.15) is 0 Å². The molecule has 0 unspecified atom stereocenters. The minimum absolute atomic E-state index is 0.151. The van der Waals surface area contributed by atoms with Crippen molar-refractivity contribution < 1.29 is 4.79 Å². The number of hydrogen-bond donors (Lipinski definition) is 2. The average molecular weight is 273 g/mol. The first-order chi connectivity index (χ1) is 9.81. The summed E-state index contributed by atoms with van der Waals surface area (Å²) in [6, 6.07) is 11.5. The quantitative estimate of drug-likeness (QED) is 0.855. The fraction of sp³-hybridized carbons (Fsp3) is 0.562. The van der Waals surface area contributed by atoms with E-state index in [1.54, 1.807) is 0 Å². The molecule has 1 heterocycles. The Hall–Kier alpha value is -1.55. The van der Waals surface area contributed by atoms with E-state index in [4.69, 9.17) is 0 Å². The van der Waals surface area contributed by atoms with E-state index in [1.807, 2.05) is 0 Å². The Labute approximate surface area is 120 Å². The topological polar surface area (TPSA) is 44.4 Å². The number of piperidine rings is 1. The van der Waals surface area contributed by atoms with E-state index in [2.05, 4.69) is 45.9 Å². The molecular weight excluding hydrogens is 250 g/mol. The van der Waals surface area contributed by atoms with Crippen molar-refractivity contribution in [2.45, 2.75) is 37.8 Å². The molecule has 3 rings (SSSR count). The van der Waals surface area contributed by atoms with Crippen molar-refractivity contribution in [2.75, 3.05) is 24.5 Å². The summed E-state index contributed by atoms with van der Waals surface area (Å²) in [7, 11) is 0. The van der Waals surface area contributed by atoms with Gasteiger partial charge in [0.2, 0.25) is 5.91 Å². The molecule has 108 valence electrons. The molecule has 1 aromatic carbocycles. The zero-order valence-corrected chi connectivity index (χ0v) is 11.8. The zero-order chi connectivity index (χ0) is 13.8. The first kappa shape index (κ1) is 13.4. The number of rotatable bonds is 5. The highest BCUT2D eigenvalue weighted by Crippen LogP contribution is 2.20. The predicted molar refractivity (Wildman–Crippen MR) is 80.8 cm³/mol. The smallest absolute Gasteiger partial charge is 0.234 e. The van der Waals surface area contributed by atoms with Gasteiger partial charge >= 0.3 is 0 Å². The molecular formula is C16H23N3O. The third-order valence-electron chi connectivity index (χ3n) is 4.11. The van der Waals surface area contributed by atoms with Gasteiger partial charge < -0.3 is 15.5 Å². The third-order valence-corrected chi connectivity index (χ3v) is 4.11. The second kappa shape index (κ2) is 6.27. The molecule has 0 spiro atoms. The molecule has 1 saturated carbocycles. The molecule has 1 aromatic rings. The van der Waals surface area contributed by atoms with Gasteiger partial charge in [0.15, 0.2) is 0 Å². The second-order valence-corrected chi connectivity index (χ2v) is 5.82. The molecule has 0 aromatic heterocycles. The number of nitrogens with zero attached hydrogens (tertiary/aromatic N) is 1. The number of hydrogen-bond acceptors (Lipinski definition) is 3. The first-order valence-electron chi connectivity index (χ1n) is 7.64. The molecule has 2 fully saturated rings. The number of amides is 1. The number of anilines is 1. The Morgan fingerprint density at radius 2 is 1.75 bits per heavy atom. The normalized spacial score (nSPS) is 19.9. The van der Waals surface area contributed by atoms with Gasteiger partial charge in [0.25, 0.3) is 0 Å². The first-order valence-corrected chi connectivity index (χ1v) is 7.64. The summed E-state index contributed by atoms with van der Waals surface area (Å²) in [5.41, 5.74) is 1.30. The van der Waals surface area contributed by atoms with Crippen LogP contribution in [-0.2, 0) is 4.79 Å². The van der Waals surface area contributed by atoms with Crippen LogP contribution in [0.1, 0.15) is 25.7 Å². The van der Waals surface area contributed by atoms with Gasteiger partial charge in [-0.05, 0) is 37.8 Å². The summed E-state index contributed by atoms with van der Waals surface area (Å²) < 4.78 is 0. The molecule has 1 aliphatic carbocycles. The fourth-order valence-electron chi connectivity index (χ4n) is 2.72. The van der Waals surface area contributed by atoms with E-state index in [0.717, 1.165) is 38.8 Å². The van der Waals surface area contributed by atoms with Crippen molar-refractivity contribution in [2.24, 2.45) is 0 Å². The molecule has 0 bridgehead atoms. The van der Waals surface area contributed by atoms with Crippen molar-refractivity contribution in [1.82, 2.24) is 10.6 Å². The number of carbonyl (C=O) groups is 1. The van der Waals surface area contributed by atoms with E-state index in [-0.39, 0.29) is 5.91 Å². The SMILES string of the molecule is O=C(CNC1CCN(c2ccccc2)CC1)NC1CC1. The number of benzene rings is 1. The molecule has 2 aliphatic rings. The highest BCUT2D eigenvalue weighted by Gasteiger charge is 2.24. The van der Waals surface area contributed by atoms with Gasteiger partial charge in [-0.1, -0.05) is 18.2 Å². The van der Waals surface area contributed by atoms with Crippen LogP contribution in [0.4, 0.5) is 5.69 Å². The lowest BCUT2D eigenvalue weighted by Gasteiger charge is -2.34. The van der Waals surface area contributed by atoms with E-state index < -0.39 is 0 Å². The van der Waals surface area contributed by atoms with Crippen LogP contribution in [0, 0.1) is 0 Å². The molecule has 1 saturated heterocycles. The van der Waals surface area contributed by atoms with Gasteiger partial charge in [-0.3, -0.25) is 4.79 Å². The van der Waals surface area contributed by atoms with Crippen molar-refractivity contribution in [3.8, 4) is 0 Å². The molecule has 0 radical (unpaired) electrons. The average Bonchev–Trinajstić information content (AvgIpc) is 3.31. The number of nitrogens with one attached hydrogen (secondary N) is 2. The lowest BCUT2D eigenvalue weighted by Crippen LogP contribution is -2.46. The van der Waals surface area contributed by atoms with Crippen molar-refractivity contribution >= 4 is 11.6 Å². The number of carbonyl (C=O) groups excluding carboxylic acids is 1. The van der Waals surface area contributed by atoms with E-state index in [9.17, 15) is 4.79 Å². The van der Waals surface area contributed by atoms with Gasteiger partial charge in [0.05, 0.1) is 6.54 Å². The standard InChI is InChI=1S/C16H23N3O/c20-16(18-14-6-7-14)12-17-13-8-10-19(11-9-13)15-4-2-1-3-5-15/h1-5,13-14,17H,6-12H2,(H,18,20). The number of para-hydroxylation sites is 1. The van der Waals surface area contributed by atoms with Crippen molar-refractivity contribution in [3.05, 3.63) is 30.3 Å². The van der Waals surface area contributed by atoms with Crippen LogP contribution in [0.2, 0.25) is 0 Å². The van der Waals surface area contributed by atoms with E-state index in [0.29, 0.717) is 18.6 Å². The van der Waals surface area contributed by atoms with Crippen LogP contribution < -0.4 is 15.5 Å². The maximum absolute atomic E-state index is 11.6. The Balaban J connectivity index is 1.38. The van der Waals surface area contributed by atoms with Gasteiger partial charge in [0, 0.05) is 30.9 Å². The summed E-state index contributed by atoms with van der Waals surface area (Å²) in [5.74, 6) is 0.151. The van der Waals surface area contributed by atoms with Gasteiger partial charge in [-0.25, -0.2) is 0 Å². The minimum atomic E-state index is 0.151. The maximum atomic E-state index is 11.6.